The van der Waals surface area contributed by atoms with Crippen molar-refractivity contribution in [1.29, 1.82) is 0 Å². The minimum Gasteiger partial charge on any atom is -0.493 e. The standard InChI is InChI=1S/C16H23N3OS/c17-16(18-11-12-5-3-4-10-21-12)19-14-8-9-20-15-7-2-1-6-13(14)15/h1-2,6-7,12,14H,3-5,8-11H2,(H3,17,18,19). The molecule has 2 heterocycles. The molecule has 3 N–H and O–H groups in total. The van der Waals surface area contributed by atoms with Crippen LogP contribution in [0.2, 0.25) is 0 Å². The number of nitrogens with one attached hydrogen (secondary N) is 1. The highest BCUT2D eigenvalue weighted by atomic mass is 32.2. The summed E-state index contributed by atoms with van der Waals surface area (Å²) in [4.78, 5) is 4.54. The molecule has 3 rings (SSSR count). The van der Waals surface area contributed by atoms with Gasteiger partial charge >= 0.3 is 0 Å². The number of nitrogens with zero attached hydrogens (tertiary/aromatic N) is 1. The van der Waals surface area contributed by atoms with Gasteiger partial charge in [-0.05, 0) is 24.7 Å². The third kappa shape index (κ3) is 3.84. The molecule has 2 atom stereocenters. The van der Waals surface area contributed by atoms with Crippen molar-refractivity contribution in [3.63, 3.8) is 0 Å². The first kappa shape index (κ1) is 14.6. The van der Waals surface area contributed by atoms with Gasteiger partial charge in [0.2, 0.25) is 0 Å². The third-order valence-electron chi connectivity index (χ3n) is 4.02. The molecule has 2 aliphatic rings. The van der Waals surface area contributed by atoms with Gasteiger partial charge in [0.15, 0.2) is 5.96 Å². The van der Waals surface area contributed by atoms with Crippen LogP contribution in [0.25, 0.3) is 0 Å². The summed E-state index contributed by atoms with van der Waals surface area (Å²) in [7, 11) is 0. The van der Waals surface area contributed by atoms with Crippen LogP contribution >= 0.6 is 11.8 Å². The molecule has 0 aliphatic carbocycles. The van der Waals surface area contributed by atoms with E-state index in [2.05, 4.69) is 16.4 Å². The topological polar surface area (TPSA) is 59.6 Å². The second-order valence-corrected chi connectivity index (χ2v) is 6.99. The SMILES string of the molecule is NC(=NCC1CCCCS1)NC1CCOc2ccccc21. The minimum absolute atomic E-state index is 0.206. The van der Waals surface area contributed by atoms with E-state index in [4.69, 9.17) is 10.5 Å². The highest BCUT2D eigenvalue weighted by Crippen LogP contribution is 2.31. The number of fused-ring (bicyclic) bond motifs is 1. The normalized spacial score (nSPS) is 25.8. The van der Waals surface area contributed by atoms with Crippen molar-refractivity contribution >= 4 is 17.7 Å². The lowest BCUT2D eigenvalue weighted by atomic mass is 10.0. The maximum absolute atomic E-state index is 6.07. The Morgan fingerprint density at radius 3 is 3.10 bits per heavy atom. The van der Waals surface area contributed by atoms with Gasteiger partial charge in [0.25, 0.3) is 0 Å². The molecule has 4 nitrogen and oxygen atoms in total. The lowest BCUT2D eigenvalue weighted by Gasteiger charge is -2.27. The molecule has 0 amide bonds. The molecule has 1 fully saturated rings. The fraction of sp³-hybridized carbons (Fsp3) is 0.562. The van der Waals surface area contributed by atoms with Crippen molar-refractivity contribution in [2.75, 3.05) is 18.9 Å². The van der Waals surface area contributed by atoms with Gasteiger partial charge in [-0.25, -0.2) is 0 Å². The summed E-state index contributed by atoms with van der Waals surface area (Å²) in [6, 6.07) is 8.34. The fourth-order valence-corrected chi connectivity index (χ4v) is 4.09. The van der Waals surface area contributed by atoms with Crippen LogP contribution in [0.15, 0.2) is 29.3 Å². The Morgan fingerprint density at radius 1 is 1.33 bits per heavy atom. The average Bonchev–Trinajstić information content (AvgIpc) is 2.54. The van der Waals surface area contributed by atoms with Crippen LogP contribution in [0.4, 0.5) is 0 Å². The maximum atomic E-state index is 6.07. The first-order valence-corrected chi connectivity index (χ1v) is 8.77. The number of benzene rings is 1. The van der Waals surface area contributed by atoms with Gasteiger partial charge in [-0.3, -0.25) is 4.99 Å². The van der Waals surface area contributed by atoms with Crippen LogP contribution < -0.4 is 15.8 Å². The molecule has 2 aliphatic heterocycles. The number of para-hydroxylation sites is 1. The van der Waals surface area contributed by atoms with Crippen LogP contribution in [0.5, 0.6) is 5.75 Å². The molecule has 0 aromatic heterocycles. The number of aliphatic imine (C=N–C) groups is 1. The van der Waals surface area contributed by atoms with Gasteiger partial charge in [0.05, 0.1) is 19.2 Å². The summed E-state index contributed by atoms with van der Waals surface area (Å²) in [6.07, 6.45) is 4.86. The molecular formula is C16H23N3OS. The van der Waals surface area contributed by atoms with Gasteiger partial charge in [-0.15, -0.1) is 0 Å². The zero-order valence-electron chi connectivity index (χ0n) is 12.3. The molecular weight excluding hydrogens is 282 g/mol. The minimum atomic E-state index is 0.206. The Kier molecular flexibility index (Phi) is 4.91. The molecule has 1 aromatic rings. The Hall–Kier alpha value is -1.36. The number of thioether (sulfide) groups is 1. The summed E-state index contributed by atoms with van der Waals surface area (Å²) >= 11 is 2.03. The summed E-state index contributed by atoms with van der Waals surface area (Å²) in [6.45, 7) is 1.55. The van der Waals surface area contributed by atoms with E-state index in [9.17, 15) is 0 Å². The van der Waals surface area contributed by atoms with E-state index in [1.807, 2.05) is 30.0 Å². The predicted molar refractivity (Wildman–Crippen MR) is 89.0 cm³/mol. The number of rotatable bonds is 3. The highest BCUT2D eigenvalue weighted by Gasteiger charge is 2.21. The Balaban J connectivity index is 1.58. The monoisotopic (exact) mass is 305 g/mol. The van der Waals surface area contributed by atoms with Crippen molar-refractivity contribution in [3.05, 3.63) is 29.8 Å². The summed E-state index contributed by atoms with van der Waals surface area (Å²) in [5, 5.41) is 3.99. The van der Waals surface area contributed by atoms with E-state index >= 15 is 0 Å². The lowest BCUT2D eigenvalue weighted by molar-refractivity contribution is 0.262. The molecule has 114 valence electrons. The van der Waals surface area contributed by atoms with E-state index in [0.717, 1.165) is 25.3 Å². The Morgan fingerprint density at radius 2 is 2.24 bits per heavy atom. The predicted octanol–water partition coefficient (Wildman–Crippen LogP) is 2.70. The zero-order chi connectivity index (χ0) is 14.5. The number of guanidine groups is 1. The van der Waals surface area contributed by atoms with Crippen molar-refractivity contribution in [3.8, 4) is 5.75 Å². The smallest absolute Gasteiger partial charge is 0.189 e. The van der Waals surface area contributed by atoms with Crippen molar-refractivity contribution in [2.24, 2.45) is 10.7 Å². The van der Waals surface area contributed by atoms with Crippen molar-refractivity contribution < 1.29 is 4.74 Å². The van der Waals surface area contributed by atoms with Crippen LogP contribution in [0.1, 0.15) is 37.3 Å². The molecule has 0 saturated carbocycles. The largest absolute Gasteiger partial charge is 0.493 e. The van der Waals surface area contributed by atoms with Crippen LogP contribution in [0, 0.1) is 0 Å². The van der Waals surface area contributed by atoms with Gasteiger partial charge < -0.3 is 15.8 Å². The number of hydrogen-bond acceptors (Lipinski definition) is 3. The van der Waals surface area contributed by atoms with E-state index in [0.29, 0.717) is 11.2 Å². The van der Waals surface area contributed by atoms with Crippen molar-refractivity contribution in [2.45, 2.75) is 37.0 Å². The number of ether oxygens (including phenoxy) is 1. The van der Waals surface area contributed by atoms with E-state index in [1.54, 1.807) is 0 Å². The average molecular weight is 305 g/mol. The third-order valence-corrected chi connectivity index (χ3v) is 5.40. The van der Waals surface area contributed by atoms with Gasteiger partial charge in [0.1, 0.15) is 5.75 Å². The Labute approximate surface area is 130 Å². The van der Waals surface area contributed by atoms with E-state index in [-0.39, 0.29) is 6.04 Å². The van der Waals surface area contributed by atoms with Crippen molar-refractivity contribution in [1.82, 2.24) is 5.32 Å². The van der Waals surface area contributed by atoms with Crippen LogP contribution in [-0.4, -0.2) is 30.1 Å². The Bertz CT molecular complexity index is 500. The lowest BCUT2D eigenvalue weighted by Crippen LogP contribution is -2.37. The molecule has 0 spiro atoms. The number of nitrogens with two attached hydrogens (primary N) is 1. The highest BCUT2D eigenvalue weighted by molar-refractivity contribution is 7.99. The van der Waals surface area contributed by atoms with Crippen LogP contribution in [0.3, 0.4) is 0 Å². The summed E-state index contributed by atoms with van der Waals surface area (Å²) in [5.41, 5.74) is 7.24. The van der Waals surface area contributed by atoms with Gasteiger partial charge in [-0.2, -0.15) is 11.8 Å². The van der Waals surface area contributed by atoms with Gasteiger partial charge in [-0.1, -0.05) is 24.6 Å². The molecule has 0 bridgehead atoms. The zero-order valence-corrected chi connectivity index (χ0v) is 13.1. The van der Waals surface area contributed by atoms with E-state index in [1.165, 1.54) is 30.6 Å². The van der Waals surface area contributed by atoms with Crippen LogP contribution in [-0.2, 0) is 0 Å². The molecule has 5 heteroatoms. The quantitative estimate of drug-likeness (QED) is 0.666. The molecule has 1 aromatic carbocycles. The van der Waals surface area contributed by atoms with E-state index < -0.39 is 0 Å². The first-order chi connectivity index (χ1) is 10.3. The fourth-order valence-electron chi connectivity index (χ4n) is 2.87. The summed E-state index contributed by atoms with van der Waals surface area (Å²) < 4.78 is 5.67. The maximum Gasteiger partial charge on any atom is 0.189 e. The van der Waals surface area contributed by atoms with Gasteiger partial charge in [0, 0.05) is 17.2 Å². The summed E-state index contributed by atoms with van der Waals surface area (Å²) in [5.74, 6) is 2.78. The molecule has 21 heavy (non-hydrogen) atoms. The number of hydrogen-bond donors (Lipinski definition) is 2. The second-order valence-electron chi connectivity index (χ2n) is 5.59. The molecule has 2 unspecified atom stereocenters. The first-order valence-electron chi connectivity index (χ1n) is 7.73. The molecule has 1 saturated heterocycles. The second kappa shape index (κ2) is 7.07. The molecule has 0 radical (unpaired) electrons.